The zero-order valence-corrected chi connectivity index (χ0v) is 10.4. The number of anilines is 1. The van der Waals surface area contributed by atoms with Crippen LogP contribution in [0.2, 0.25) is 0 Å². The Morgan fingerprint density at radius 2 is 2.05 bits per heavy atom. The number of nitrogen functional groups attached to an aromatic ring is 1. The standard InChI is InChI=1S/C14H10N6/c15-14-18-6-11-10(5-17-13(11)20-14)8-1-2-12-9(3-8)4-16-7-19-12/h1-7H,(H3,15,17,18,20). The topological polar surface area (TPSA) is 93.4 Å². The maximum absolute atomic E-state index is 5.59. The average molecular weight is 262 g/mol. The van der Waals surface area contributed by atoms with E-state index in [0.717, 1.165) is 33.1 Å². The first-order valence-corrected chi connectivity index (χ1v) is 6.11. The highest BCUT2D eigenvalue weighted by atomic mass is 15.0. The molecule has 6 nitrogen and oxygen atoms in total. The van der Waals surface area contributed by atoms with Crippen LogP contribution in [0.4, 0.5) is 5.95 Å². The van der Waals surface area contributed by atoms with E-state index in [9.17, 15) is 0 Å². The van der Waals surface area contributed by atoms with Crippen molar-refractivity contribution in [2.24, 2.45) is 0 Å². The van der Waals surface area contributed by atoms with Crippen molar-refractivity contribution < 1.29 is 0 Å². The fraction of sp³-hybridized carbons (Fsp3) is 0. The molecule has 3 heterocycles. The van der Waals surface area contributed by atoms with Gasteiger partial charge in [0.1, 0.15) is 12.0 Å². The highest BCUT2D eigenvalue weighted by Crippen LogP contribution is 2.29. The van der Waals surface area contributed by atoms with Crippen molar-refractivity contribution in [2.45, 2.75) is 0 Å². The number of H-pyrrole nitrogens is 1. The van der Waals surface area contributed by atoms with Crippen molar-refractivity contribution >= 4 is 27.9 Å². The minimum atomic E-state index is 0.262. The molecule has 4 rings (SSSR count). The number of aromatic amines is 1. The number of fused-ring (bicyclic) bond motifs is 2. The van der Waals surface area contributed by atoms with Gasteiger partial charge < -0.3 is 10.7 Å². The molecule has 96 valence electrons. The fourth-order valence-corrected chi connectivity index (χ4v) is 2.31. The number of nitrogens with zero attached hydrogens (tertiary/aromatic N) is 4. The largest absolute Gasteiger partial charge is 0.368 e. The Bertz CT molecular complexity index is 927. The van der Waals surface area contributed by atoms with Gasteiger partial charge in [0, 0.05) is 34.9 Å². The Kier molecular flexibility index (Phi) is 2.17. The zero-order chi connectivity index (χ0) is 13.5. The van der Waals surface area contributed by atoms with E-state index in [0.29, 0.717) is 0 Å². The number of benzene rings is 1. The van der Waals surface area contributed by atoms with Crippen LogP contribution in [-0.2, 0) is 0 Å². The monoisotopic (exact) mass is 262 g/mol. The van der Waals surface area contributed by atoms with Crippen molar-refractivity contribution in [3.8, 4) is 11.1 Å². The Hall–Kier alpha value is -3.02. The second-order valence-corrected chi connectivity index (χ2v) is 4.49. The molecule has 6 heteroatoms. The van der Waals surface area contributed by atoms with Crippen LogP contribution >= 0.6 is 0 Å². The van der Waals surface area contributed by atoms with E-state index in [1.807, 2.05) is 24.4 Å². The molecule has 4 aromatic rings. The zero-order valence-electron chi connectivity index (χ0n) is 10.4. The molecule has 1 aromatic carbocycles. The molecule has 0 spiro atoms. The van der Waals surface area contributed by atoms with Gasteiger partial charge in [-0.25, -0.2) is 15.0 Å². The Labute approximate surface area is 113 Å². The second kappa shape index (κ2) is 3.99. The summed E-state index contributed by atoms with van der Waals surface area (Å²) in [6.07, 6.45) is 6.98. The first-order valence-electron chi connectivity index (χ1n) is 6.11. The highest BCUT2D eigenvalue weighted by Gasteiger charge is 2.08. The summed E-state index contributed by atoms with van der Waals surface area (Å²) in [5.41, 5.74) is 9.34. The van der Waals surface area contributed by atoms with Gasteiger partial charge >= 0.3 is 0 Å². The molecule has 0 saturated heterocycles. The minimum Gasteiger partial charge on any atom is -0.368 e. The third-order valence-electron chi connectivity index (χ3n) is 3.27. The molecule has 0 radical (unpaired) electrons. The van der Waals surface area contributed by atoms with Gasteiger partial charge in [-0.2, -0.15) is 4.98 Å². The molecule has 0 atom stereocenters. The smallest absolute Gasteiger partial charge is 0.221 e. The molecule has 3 aromatic heterocycles. The summed E-state index contributed by atoms with van der Waals surface area (Å²) >= 11 is 0. The summed E-state index contributed by atoms with van der Waals surface area (Å²) in [4.78, 5) is 19.6. The molecule has 0 saturated carbocycles. The number of hydrogen-bond acceptors (Lipinski definition) is 5. The molecular formula is C14H10N6. The summed E-state index contributed by atoms with van der Waals surface area (Å²) in [5, 5.41) is 1.94. The van der Waals surface area contributed by atoms with E-state index in [4.69, 9.17) is 5.73 Å². The molecular weight excluding hydrogens is 252 g/mol. The van der Waals surface area contributed by atoms with E-state index < -0.39 is 0 Å². The van der Waals surface area contributed by atoms with Crippen molar-refractivity contribution in [1.82, 2.24) is 24.9 Å². The summed E-state index contributed by atoms with van der Waals surface area (Å²) in [6.45, 7) is 0. The minimum absolute atomic E-state index is 0.262. The lowest BCUT2D eigenvalue weighted by Crippen LogP contribution is -1.93. The molecule has 0 bridgehead atoms. The second-order valence-electron chi connectivity index (χ2n) is 4.49. The van der Waals surface area contributed by atoms with Gasteiger partial charge in [0.25, 0.3) is 0 Å². The Morgan fingerprint density at radius 3 is 3.00 bits per heavy atom. The van der Waals surface area contributed by atoms with Gasteiger partial charge in [0.2, 0.25) is 5.95 Å². The van der Waals surface area contributed by atoms with E-state index in [1.54, 1.807) is 18.7 Å². The third-order valence-corrected chi connectivity index (χ3v) is 3.27. The van der Waals surface area contributed by atoms with Gasteiger partial charge in [-0.1, -0.05) is 6.07 Å². The number of nitrogens with one attached hydrogen (secondary N) is 1. The van der Waals surface area contributed by atoms with Crippen LogP contribution in [0.25, 0.3) is 33.1 Å². The number of rotatable bonds is 1. The van der Waals surface area contributed by atoms with E-state index in [-0.39, 0.29) is 5.95 Å². The van der Waals surface area contributed by atoms with Crippen LogP contribution in [0.5, 0.6) is 0 Å². The highest BCUT2D eigenvalue weighted by molar-refractivity contribution is 5.95. The van der Waals surface area contributed by atoms with Crippen molar-refractivity contribution in [1.29, 1.82) is 0 Å². The molecule has 0 amide bonds. The van der Waals surface area contributed by atoms with Crippen LogP contribution in [0.1, 0.15) is 0 Å². The fourth-order valence-electron chi connectivity index (χ4n) is 2.31. The number of aromatic nitrogens is 5. The maximum atomic E-state index is 5.59. The lowest BCUT2D eigenvalue weighted by molar-refractivity contribution is 1.22. The molecule has 3 N–H and O–H groups in total. The van der Waals surface area contributed by atoms with Gasteiger partial charge in [-0.15, -0.1) is 0 Å². The van der Waals surface area contributed by atoms with Crippen molar-refractivity contribution in [3.63, 3.8) is 0 Å². The molecule has 0 unspecified atom stereocenters. The van der Waals surface area contributed by atoms with Gasteiger partial charge in [-0.05, 0) is 17.7 Å². The first-order chi connectivity index (χ1) is 9.81. The first kappa shape index (κ1) is 10.9. The predicted molar refractivity (Wildman–Crippen MR) is 76.8 cm³/mol. The maximum Gasteiger partial charge on any atom is 0.221 e. The van der Waals surface area contributed by atoms with Crippen LogP contribution in [-0.4, -0.2) is 24.9 Å². The molecule has 0 aliphatic rings. The average Bonchev–Trinajstić information content (AvgIpc) is 2.89. The van der Waals surface area contributed by atoms with Crippen LogP contribution < -0.4 is 5.73 Å². The van der Waals surface area contributed by atoms with E-state index in [2.05, 4.69) is 24.9 Å². The Morgan fingerprint density at radius 1 is 1.10 bits per heavy atom. The van der Waals surface area contributed by atoms with Gasteiger partial charge in [0.05, 0.1) is 5.52 Å². The third kappa shape index (κ3) is 1.58. The van der Waals surface area contributed by atoms with E-state index in [1.165, 1.54) is 0 Å². The van der Waals surface area contributed by atoms with Crippen molar-refractivity contribution in [2.75, 3.05) is 5.73 Å². The SMILES string of the molecule is Nc1ncc2c(-c3ccc4ncncc4c3)c[nH]c2n1. The number of hydrogen-bond donors (Lipinski definition) is 2. The van der Waals surface area contributed by atoms with Crippen LogP contribution in [0, 0.1) is 0 Å². The van der Waals surface area contributed by atoms with E-state index >= 15 is 0 Å². The Balaban J connectivity index is 1.96. The summed E-state index contributed by atoms with van der Waals surface area (Å²) in [7, 11) is 0. The molecule has 0 aliphatic heterocycles. The molecule has 0 fully saturated rings. The van der Waals surface area contributed by atoms with Gasteiger partial charge in [0.15, 0.2) is 0 Å². The van der Waals surface area contributed by atoms with Crippen LogP contribution in [0.15, 0.2) is 43.1 Å². The summed E-state index contributed by atoms with van der Waals surface area (Å²) < 4.78 is 0. The lowest BCUT2D eigenvalue weighted by Gasteiger charge is -2.01. The predicted octanol–water partition coefficient (Wildman–Crippen LogP) is 2.15. The number of nitrogens with two attached hydrogens (primary N) is 1. The normalized spacial score (nSPS) is 11.2. The summed E-state index contributed by atoms with van der Waals surface area (Å²) in [5.74, 6) is 0.262. The quantitative estimate of drug-likeness (QED) is 0.548. The summed E-state index contributed by atoms with van der Waals surface area (Å²) in [6, 6.07) is 6.05. The lowest BCUT2D eigenvalue weighted by atomic mass is 10.0. The van der Waals surface area contributed by atoms with Crippen LogP contribution in [0.3, 0.4) is 0 Å². The molecule has 20 heavy (non-hydrogen) atoms. The van der Waals surface area contributed by atoms with Gasteiger partial charge in [-0.3, -0.25) is 0 Å². The van der Waals surface area contributed by atoms with Crippen molar-refractivity contribution in [3.05, 3.63) is 43.1 Å². The molecule has 0 aliphatic carbocycles.